The van der Waals surface area contributed by atoms with Crippen molar-refractivity contribution in [2.75, 3.05) is 13.7 Å². The Morgan fingerprint density at radius 2 is 2.25 bits per heavy atom. The Labute approximate surface area is 72.5 Å². The summed E-state index contributed by atoms with van der Waals surface area (Å²) in [6, 6.07) is 0. The van der Waals surface area contributed by atoms with Gasteiger partial charge < -0.3 is 13.9 Å². The molecule has 0 heterocycles. The fourth-order valence-electron chi connectivity index (χ4n) is 0.558. The molecule has 0 bridgehead atoms. The van der Waals surface area contributed by atoms with Crippen molar-refractivity contribution in [1.29, 1.82) is 0 Å². The lowest BCUT2D eigenvalue weighted by Gasteiger charge is -2.19. The van der Waals surface area contributed by atoms with Crippen LogP contribution in [0.25, 0.3) is 0 Å². The Kier molecular flexibility index (Phi) is 6.04. The Balaban J connectivity index is 3.33. The van der Waals surface area contributed by atoms with Crippen molar-refractivity contribution in [2.24, 2.45) is 0 Å². The van der Waals surface area contributed by atoms with E-state index in [1.807, 2.05) is 0 Å². The summed E-state index contributed by atoms with van der Waals surface area (Å²) in [6.45, 7) is 0.135. The molecule has 5 heteroatoms. The minimum absolute atomic E-state index is 0.135. The molecule has 0 aliphatic carbocycles. The van der Waals surface area contributed by atoms with Gasteiger partial charge in [0.25, 0.3) is 7.82 Å². The van der Waals surface area contributed by atoms with E-state index in [9.17, 15) is 9.46 Å². The van der Waals surface area contributed by atoms with E-state index >= 15 is 0 Å². The predicted octanol–water partition coefficient (Wildman–Crippen LogP) is 0.921. The zero-order valence-electron chi connectivity index (χ0n) is 6.99. The molecule has 0 radical (unpaired) electrons. The summed E-state index contributed by atoms with van der Waals surface area (Å²) in [7, 11) is -2.96. The molecule has 0 saturated heterocycles. The van der Waals surface area contributed by atoms with Crippen molar-refractivity contribution in [1.82, 2.24) is 0 Å². The first-order chi connectivity index (χ1) is 5.62. The number of hydrogen-bond acceptors (Lipinski definition) is 4. The van der Waals surface area contributed by atoms with Gasteiger partial charge in [-0.25, -0.2) is 0 Å². The molecule has 70 valence electrons. The van der Waals surface area contributed by atoms with E-state index in [1.54, 1.807) is 0 Å². The predicted molar refractivity (Wildman–Crippen MR) is 43.3 cm³/mol. The maximum Gasteiger partial charge on any atom is 0.267 e. The highest BCUT2D eigenvalue weighted by atomic mass is 31.2. The van der Waals surface area contributed by atoms with Gasteiger partial charge in [-0.3, -0.25) is 4.57 Å². The lowest BCUT2D eigenvalue weighted by atomic mass is 10.2. The summed E-state index contributed by atoms with van der Waals surface area (Å²) in [4.78, 5) is 10.6. The summed E-state index contributed by atoms with van der Waals surface area (Å²) >= 11 is 0. The molecular formula is C7H12O4P-. The second-order valence-electron chi connectivity index (χ2n) is 2.12. The van der Waals surface area contributed by atoms with Crippen LogP contribution < -0.4 is 4.89 Å². The summed E-state index contributed by atoms with van der Waals surface area (Å²) in [5, 5.41) is 0. The molecule has 0 fully saturated rings. The lowest BCUT2D eigenvalue weighted by molar-refractivity contribution is -0.223. The number of rotatable bonds is 6. The highest BCUT2D eigenvalue weighted by Gasteiger charge is 2.04. The van der Waals surface area contributed by atoms with Crippen molar-refractivity contribution in [3.8, 4) is 12.3 Å². The largest absolute Gasteiger partial charge is 0.756 e. The molecule has 1 unspecified atom stereocenters. The average molecular weight is 191 g/mol. The van der Waals surface area contributed by atoms with Crippen molar-refractivity contribution < 1.29 is 18.5 Å². The molecule has 0 amide bonds. The van der Waals surface area contributed by atoms with Gasteiger partial charge in [0, 0.05) is 13.5 Å². The fourth-order valence-corrected chi connectivity index (χ4v) is 1.02. The highest BCUT2D eigenvalue weighted by molar-refractivity contribution is 7.45. The topological polar surface area (TPSA) is 58.6 Å². The lowest BCUT2D eigenvalue weighted by Crippen LogP contribution is -2.06. The summed E-state index contributed by atoms with van der Waals surface area (Å²) in [5.41, 5.74) is 0. The van der Waals surface area contributed by atoms with Gasteiger partial charge in [-0.05, 0) is 12.8 Å². The maximum atomic E-state index is 10.6. The molecule has 0 rings (SSSR count). The maximum absolute atomic E-state index is 10.6. The minimum atomic E-state index is -4.02. The van der Waals surface area contributed by atoms with Gasteiger partial charge in [-0.1, -0.05) is 0 Å². The van der Waals surface area contributed by atoms with E-state index in [4.69, 9.17) is 6.42 Å². The molecule has 0 aromatic carbocycles. The van der Waals surface area contributed by atoms with E-state index in [0.29, 0.717) is 12.8 Å². The molecule has 0 aromatic heterocycles. The van der Waals surface area contributed by atoms with Gasteiger partial charge in [-0.2, -0.15) is 0 Å². The van der Waals surface area contributed by atoms with Gasteiger partial charge >= 0.3 is 0 Å². The SMILES string of the molecule is C#CCCCCOP(=O)([O-])OC. The van der Waals surface area contributed by atoms with E-state index < -0.39 is 7.82 Å². The third kappa shape index (κ3) is 6.38. The quantitative estimate of drug-likeness (QED) is 0.356. The second-order valence-corrected chi connectivity index (χ2v) is 3.64. The highest BCUT2D eigenvalue weighted by Crippen LogP contribution is 2.36. The molecule has 4 nitrogen and oxygen atoms in total. The van der Waals surface area contributed by atoms with E-state index in [1.165, 1.54) is 0 Å². The number of phosphoric acid groups is 1. The number of hydrogen-bond donors (Lipinski definition) is 0. The Hall–Kier alpha value is -0.330. The van der Waals surface area contributed by atoms with Gasteiger partial charge in [0.1, 0.15) is 0 Å². The van der Waals surface area contributed by atoms with Crippen molar-refractivity contribution in [3.05, 3.63) is 0 Å². The monoisotopic (exact) mass is 191 g/mol. The molecule has 0 spiro atoms. The second kappa shape index (κ2) is 6.22. The normalized spacial score (nSPS) is 15.1. The Morgan fingerprint density at radius 1 is 1.58 bits per heavy atom. The van der Waals surface area contributed by atoms with Crippen molar-refractivity contribution >= 4 is 7.82 Å². The van der Waals surface area contributed by atoms with Crippen LogP contribution in [-0.4, -0.2) is 13.7 Å². The first kappa shape index (κ1) is 11.7. The average Bonchev–Trinajstić information content (AvgIpc) is 2.04. The molecule has 0 aliphatic rings. The third-order valence-electron chi connectivity index (χ3n) is 1.19. The molecule has 0 N–H and O–H groups in total. The van der Waals surface area contributed by atoms with Crippen molar-refractivity contribution in [2.45, 2.75) is 19.3 Å². The third-order valence-corrected chi connectivity index (χ3v) is 2.13. The zero-order valence-corrected chi connectivity index (χ0v) is 7.88. The van der Waals surface area contributed by atoms with Crippen LogP contribution in [0.3, 0.4) is 0 Å². The van der Waals surface area contributed by atoms with Crippen LogP contribution in [0.5, 0.6) is 0 Å². The van der Waals surface area contributed by atoms with Crippen LogP contribution in [0.4, 0.5) is 0 Å². The summed E-state index contributed by atoms with van der Waals surface area (Å²) in [6.07, 6.45) is 7.02. The molecular weight excluding hydrogens is 179 g/mol. The van der Waals surface area contributed by atoms with Gasteiger partial charge in [0.05, 0.1) is 6.61 Å². The van der Waals surface area contributed by atoms with Crippen LogP contribution >= 0.6 is 7.82 Å². The summed E-state index contributed by atoms with van der Waals surface area (Å²) < 4.78 is 19.1. The van der Waals surface area contributed by atoms with E-state index in [2.05, 4.69) is 15.0 Å². The first-order valence-electron chi connectivity index (χ1n) is 3.57. The number of phosphoric ester groups is 1. The molecule has 1 atom stereocenters. The van der Waals surface area contributed by atoms with Crippen LogP contribution in [0, 0.1) is 12.3 Å². The standard InChI is InChI=1S/C7H13O4P/c1-3-4-5-6-7-11-12(8,9)10-2/h1H,4-7H2,2H3,(H,8,9)/p-1. The first-order valence-corrected chi connectivity index (χ1v) is 5.03. The van der Waals surface area contributed by atoms with Crippen molar-refractivity contribution in [3.63, 3.8) is 0 Å². The molecule has 0 saturated carbocycles. The smallest absolute Gasteiger partial charge is 0.267 e. The number of terminal acetylenes is 1. The fraction of sp³-hybridized carbons (Fsp3) is 0.714. The van der Waals surface area contributed by atoms with Crippen LogP contribution in [0.2, 0.25) is 0 Å². The summed E-state index contributed by atoms with van der Waals surface area (Å²) in [5.74, 6) is 2.45. The minimum Gasteiger partial charge on any atom is -0.756 e. The Bertz CT molecular complexity index is 196. The van der Waals surface area contributed by atoms with Gasteiger partial charge in [0.2, 0.25) is 0 Å². The van der Waals surface area contributed by atoms with Crippen LogP contribution in [0.1, 0.15) is 19.3 Å². The molecule has 0 aliphatic heterocycles. The number of unbranched alkanes of at least 4 members (excludes halogenated alkanes) is 2. The molecule has 0 aromatic rings. The van der Waals surface area contributed by atoms with Gasteiger partial charge in [-0.15, -0.1) is 12.3 Å². The zero-order chi connectivity index (χ0) is 9.45. The Morgan fingerprint density at radius 3 is 2.75 bits per heavy atom. The van der Waals surface area contributed by atoms with Gasteiger partial charge in [0.15, 0.2) is 0 Å². The molecule has 12 heavy (non-hydrogen) atoms. The van der Waals surface area contributed by atoms with Crippen LogP contribution in [-0.2, 0) is 13.6 Å². The van der Waals surface area contributed by atoms with E-state index in [-0.39, 0.29) is 6.61 Å². The van der Waals surface area contributed by atoms with E-state index in [0.717, 1.165) is 13.5 Å². The van der Waals surface area contributed by atoms with Crippen LogP contribution in [0.15, 0.2) is 0 Å².